The van der Waals surface area contributed by atoms with Gasteiger partial charge >= 0.3 is 6.01 Å². The fraction of sp³-hybridized carbons (Fsp3) is 0.174. The van der Waals surface area contributed by atoms with Crippen molar-refractivity contribution in [3.63, 3.8) is 0 Å². The zero-order valence-corrected chi connectivity index (χ0v) is 15.8. The number of anilines is 1. The lowest BCUT2D eigenvalue weighted by atomic mass is 9.95. The summed E-state index contributed by atoms with van der Waals surface area (Å²) in [5.74, 6) is 0.475. The molecule has 4 aromatic rings. The number of aromatic nitrogens is 3. The van der Waals surface area contributed by atoms with Gasteiger partial charge in [0.1, 0.15) is 5.75 Å². The first kappa shape index (κ1) is 17.4. The topological polar surface area (TPSA) is 79.9 Å². The maximum absolute atomic E-state index is 12.9. The Labute approximate surface area is 168 Å². The van der Waals surface area contributed by atoms with Crippen LogP contribution in [0.5, 0.6) is 11.8 Å². The molecule has 2 N–H and O–H groups in total. The van der Waals surface area contributed by atoms with Gasteiger partial charge in [-0.05, 0) is 67.6 Å². The molecule has 6 heteroatoms. The molecular formula is C23H20N4O2. The van der Waals surface area contributed by atoms with Crippen molar-refractivity contribution < 1.29 is 9.53 Å². The Morgan fingerprint density at radius 2 is 1.76 bits per heavy atom. The normalized spacial score (nSPS) is 13.1. The van der Waals surface area contributed by atoms with E-state index in [1.807, 2.05) is 12.1 Å². The van der Waals surface area contributed by atoms with E-state index in [0.29, 0.717) is 17.0 Å². The number of aromatic amines is 1. The smallest absolute Gasteiger partial charge is 0.321 e. The number of amides is 1. The predicted molar refractivity (Wildman–Crippen MR) is 111 cm³/mol. The van der Waals surface area contributed by atoms with Gasteiger partial charge in [0.25, 0.3) is 5.91 Å². The van der Waals surface area contributed by atoms with Crippen LogP contribution in [0.1, 0.15) is 34.5 Å². The van der Waals surface area contributed by atoms with E-state index in [2.05, 4.69) is 26.3 Å². The second kappa shape index (κ2) is 7.39. The van der Waals surface area contributed by atoms with Crippen LogP contribution in [0.15, 0.2) is 60.9 Å². The Morgan fingerprint density at radius 3 is 2.59 bits per heavy atom. The average Bonchev–Trinajstić information content (AvgIpc) is 3.15. The summed E-state index contributed by atoms with van der Waals surface area (Å²) in [4.78, 5) is 24.5. The molecule has 1 amide bonds. The number of aryl methyl sites for hydroxylation is 2. The second-order valence-electron chi connectivity index (χ2n) is 7.13. The summed E-state index contributed by atoms with van der Waals surface area (Å²) in [5.41, 5.74) is 4.93. The number of hydrogen-bond donors (Lipinski definition) is 2. The summed E-state index contributed by atoms with van der Waals surface area (Å²) >= 11 is 0. The lowest BCUT2D eigenvalue weighted by molar-refractivity contribution is 0.102. The number of rotatable bonds is 4. The summed E-state index contributed by atoms with van der Waals surface area (Å²) in [6, 6.07) is 15.1. The number of H-pyrrole nitrogens is 1. The third-order valence-corrected chi connectivity index (χ3v) is 5.24. The van der Waals surface area contributed by atoms with E-state index in [9.17, 15) is 4.79 Å². The van der Waals surface area contributed by atoms with E-state index >= 15 is 0 Å². The van der Waals surface area contributed by atoms with E-state index in [1.165, 1.54) is 29.5 Å². The molecule has 1 aliphatic carbocycles. The lowest BCUT2D eigenvalue weighted by Gasteiger charge is -2.10. The minimum absolute atomic E-state index is 0.130. The first-order chi connectivity index (χ1) is 14.3. The minimum atomic E-state index is -0.130. The Bertz CT molecular complexity index is 1170. The largest absolute Gasteiger partial charge is 0.424 e. The van der Waals surface area contributed by atoms with Crippen LogP contribution >= 0.6 is 0 Å². The minimum Gasteiger partial charge on any atom is -0.424 e. The van der Waals surface area contributed by atoms with Gasteiger partial charge in [-0.3, -0.25) is 4.79 Å². The molecule has 2 aromatic heterocycles. The molecule has 29 heavy (non-hydrogen) atoms. The van der Waals surface area contributed by atoms with Crippen molar-refractivity contribution in [1.29, 1.82) is 0 Å². The molecule has 5 rings (SSSR count). The zero-order valence-electron chi connectivity index (χ0n) is 15.8. The molecule has 6 nitrogen and oxygen atoms in total. The number of fused-ring (bicyclic) bond motifs is 3. The van der Waals surface area contributed by atoms with Crippen molar-refractivity contribution >= 4 is 22.5 Å². The van der Waals surface area contributed by atoms with Gasteiger partial charge in [-0.15, -0.1) is 0 Å². The highest BCUT2D eigenvalue weighted by molar-refractivity contribution is 6.12. The monoisotopic (exact) mass is 384 g/mol. The van der Waals surface area contributed by atoms with Crippen LogP contribution in [-0.2, 0) is 12.8 Å². The summed E-state index contributed by atoms with van der Waals surface area (Å²) in [5, 5.41) is 4.14. The van der Waals surface area contributed by atoms with E-state index < -0.39 is 0 Å². The fourth-order valence-electron chi connectivity index (χ4n) is 3.87. The van der Waals surface area contributed by atoms with E-state index in [-0.39, 0.29) is 11.9 Å². The maximum atomic E-state index is 12.9. The number of ether oxygens (including phenoxy) is 1. The maximum Gasteiger partial charge on any atom is 0.321 e. The number of para-hydroxylation sites is 1. The predicted octanol–water partition coefficient (Wildman–Crippen LogP) is 4.88. The van der Waals surface area contributed by atoms with Crippen molar-refractivity contribution in [2.24, 2.45) is 0 Å². The van der Waals surface area contributed by atoms with Crippen molar-refractivity contribution in [3.8, 4) is 11.8 Å². The van der Waals surface area contributed by atoms with E-state index in [4.69, 9.17) is 4.74 Å². The molecule has 0 bridgehead atoms. The van der Waals surface area contributed by atoms with Gasteiger partial charge in [-0.2, -0.15) is 0 Å². The highest BCUT2D eigenvalue weighted by Crippen LogP contribution is 2.31. The highest BCUT2D eigenvalue weighted by atomic mass is 16.5. The molecule has 0 fully saturated rings. The molecule has 0 saturated carbocycles. The zero-order chi connectivity index (χ0) is 19.6. The van der Waals surface area contributed by atoms with Crippen molar-refractivity contribution in [2.75, 3.05) is 5.32 Å². The Balaban J connectivity index is 1.36. The standard InChI is InChI=1S/C23H20N4O2/c28-22(19-7-3-6-18-17-5-1-2-8-20(17)27-21(18)19)26-15-9-11-16(12-10-15)29-23-24-13-4-14-25-23/h3-4,6-7,9-14,27H,1-2,5,8H2,(H,26,28). The third kappa shape index (κ3) is 3.45. The molecule has 0 atom stereocenters. The van der Waals surface area contributed by atoms with Gasteiger partial charge in [-0.1, -0.05) is 12.1 Å². The lowest BCUT2D eigenvalue weighted by Crippen LogP contribution is -2.12. The van der Waals surface area contributed by atoms with Crippen molar-refractivity contribution in [2.45, 2.75) is 25.7 Å². The highest BCUT2D eigenvalue weighted by Gasteiger charge is 2.19. The molecular weight excluding hydrogens is 364 g/mol. The fourth-order valence-corrected chi connectivity index (χ4v) is 3.87. The number of nitrogens with one attached hydrogen (secondary N) is 2. The summed E-state index contributed by atoms with van der Waals surface area (Å²) < 4.78 is 5.59. The Morgan fingerprint density at radius 1 is 0.966 bits per heavy atom. The van der Waals surface area contributed by atoms with Crippen molar-refractivity contribution in [3.05, 3.63) is 77.7 Å². The van der Waals surface area contributed by atoms with Gasteiger partial charge in [0.05, 0.1) is 11.1 Å². The van der Waals surface area contributed by atoms with Crippen LogP contribution < -0.4 is 10.1 Å². The number of nitrogens with zero attached hydrogens (tertiary/aromatic N) is 2. The van der Waals surface area contributed by atoms with Gasteiger partial charge in [-0.25, -0.2) is 9.97 Å². The molecule has 0 saturated heterocycles. The summed E-state index contributed by atoms with van der Waals surface area (Å²) in [7, 11) is 0. The van der Waals surface area contributed by atoms with Gasteiger partial charge in [0.15, 0.2) is 0 Å². The quantitative estimate of drug-likeness (QED) is 0.525. The van der Waals surface area contributed by atoms with Crippen LogP contribution in [0.3, 0.4) is 0 Å². The van der Waals surface area contributed by atoms with E-state index in [1.54, 1.807) is 42.7 Å². The molecule has 0 spiro atoms. The molecule has 2 aromatic carbocycles. The first-order valence-corrected chi connectivity index (χ1v) is 9.77. The first-order valence-electron chi connectivity index (χ1n) is 9.77. The third-order valence-electron chi connectivity index (χ3n) is 5.24. The Kier molecular flexibility index (Phi) is 4.44. The average molecular weight is 384 g/mol. The van der Waals surface area contributed by atoms with Crippen LogP contribution in [0.4, 0.5) is 5.69 Å². The number of benzene rings is 2. The molecule has 2 heterocycles. The molecule has 0 radical (unpaired) electrons. The van der Waals surface area contributed by atoms with Crippen molar-refractivity contribution in [1.82, 2.24) is 15.0 Å². The second-order valence-corrected chi connectivity index (χ2v) is 7.13. The van der Waals surface area contributed by atoms with Gasteiger partial charge in [0, 0.05) is 29.2 Å². The number of carbonyl (C=O) groups excluding carboxylic acids is 1. The van der Waals surface area contributed by atoms with Crippen LogP contribution in [0, 0.1) is 0 Å². The van der Waals surface area contributed by atoms with Crippen LogP contribution in [-0.4, -0.2) is 20.9 Å². The van der Waals surface area contributed by atoms with E-state index in [0.717, 1.165) is 18.4 Å². The number of hydrogen-bond acceptors (Lipinski definition) is 4. The molecule has 0 aliphatic heterocycles. The molecule has 1 aliphatic rings. The number of carbonyl (C=O) groups is 1. The van der Waals surface area contributed by atoms with Gasteiger partial charge in [0.2, 0.25) is 0 Å². The van der Waals surface area contributed by atoms with Crippen LogP contribution in [0.2, 0.25) is 0 Å². The van der Waals surface area contributed by atoms with Gasteiger partial charge < -0.3 is 15.0 Å². The Hall–Kier alpha value is -3.67. The summed E-state index contributed by atoms with van der Waals surface area (Å²) in [6.07, 6.45) is 7.78. The van der Waals surface area contributed by atoms with Crippen LogP contribution in [0.25, 0.3) is 10.9 Å². The molecule has 0 unspecified atom stereocenters. The molecule has 144 valence electrons. The summed E-state index contributed by atoms with van der Waals surface area (Å²) in [6.45, 7) is 0. The SMILES string of the molecule is O=C(Nc1ccc(Oc2ncccn2)cc1)c1cccc2c3c([nH]c12)CCCC3.